The SMILES string of the molecule is NC(=O)c1cc(-c2cnc[nH]2)cnc1O[C@H]1CCN(C(=O)Cc2ccc(OC(F)(F)F)cc2)C[C@H]1F. The van der Waals surface area contributed by atoms with Gasteiger partial charge < -0.3 is 25.1 Å². The van der Waals surface area contributed by atoms with E-state index in [4.69, 9.17) is 10.5 Å². The first-order valence-corrected chi connectivity index (χ1v) is 10.8. The van der Waals surface area contributed by atoms with Gasteiger partial charge in [-0.25, -0.2) is 14.4 Å². The van der Waals surface area contributed by atoms with Crippen LogP contribution in [0, 0.1) is 0 Å². The summed E-state index contributed by atoms with van der Waals surface area (Å²) >= 11 is 0. The minimum absolute atomic E-state index is 0.0224. The van der Waals surface area contributed by atoms with E-state index in [2.05, 4.69) is 19.7 Å². The number of nitrogens with one attached hydrogen (secondary N) is 1. The monoisotopic (exact) mass is 507 g/mol. The van der Waals surface area contributed by atoms with E-state index in [9.17, 15) is 27.2 Å². The molecule has 0 bridgehead atoms. The Bertz CT molecular complexity index is 1220. The normalized spacial score (nSPS) is 18.1. The number of primary amides is 1. The molecule has 36 heavy (non-hydrogen) atoms. The molecule has 2 atom stereocenters. The number of hydrogen-bond donors (Lipinski definition) is 2. The summed E-state index contributed by atoms with van der Waals surface area (Å²) in [5.41, 5.74) is 7.04. The van der Waals surface area contributed by atoms with E-state index < -0.39 is 30.3 Å². The molecule has 0 unspecified atom stereocenters. The highest BCUT2D eigenvalue weighted by Crippen LogP contribution is 2.27. The molecule has 1 aliphatic heterocycles. The number of likely N-dealkylation sites (tertiary alicyclic amines) is 1. The average molecular weight is 507 g/mol. The molecule has 3 heterocycles. The van der Waals surface area contributed by atoms with Gasteiger partial charge in [0.2, 0.25) is 11.8 Å². The second-order valence-electron chi connectivity index (χ2n) is 8.08. The summed E-state index contributed by atoms with van der Waals surface area (Å²) in [6.07, 6.45) is -2.89. The number of carbonyl (C=O) groups excluding carboxylic acids is 2. The molecule has 4 rings (SSSR count). The standard InChI is InChI=1S/C23H21F4N5O4/c24-17-11-32(20(33)7-13-1-3-15(4-2-13)36-23(25,26)27)6-5-19(17)35-22-16(21(28)34)8-14(9-30-22)18-10-29-12-31-18/h1-4,8-10,12,17,19H,5-7,11H2,(H2,28,34)(H,29,31)/t17-,19+/m1/s1. The molecule has 0 spiro atoms. The number of benzene rings is 1. The number of hydrogen-bond acceptors (Lipinski definition) is 6. The van der Waals surface area contributed by atoms with Gasteiger partial charge in [0.25, 0.3) is 5.91 Å². The van der Waals surface area contributed by atoms with Gasteiger partial charge in [0, 0.05) is 24.7 Å². The fourth-order valence-corrected chi connectivity index (χ4v) is 3.77. The van der Waals surface area contributed by atoms with E-state index >= 15 is 0 Å². The fourth-order valence-electron chi connectivity index (χ4n) is 3.77. The maximum atomic E-state index is 14.9. The van der Waals surface area contributed by atoms with Crippen LogP contribution in [0.1, 0.15) is 22.3 Å². The maximum Gasteiger partial charge on any atom is 0.573 e. The van der Waals surface area contributed by atoms with Crippen LogP contribution in [-0.2, 0) is 11.2 Å². The molecular weight excluding hydrogens is 486 g/mol. The first kappa shape index (κ1) is 24.9. The number of imidazole rings is 1. The zero-order valence-electron chi connectivity index (χ0n) is 18.7. The van der Waals surface area contributed by atoms with E-state index in [0.29, 0.717) is 16.8 Å². The summed E-state index contributed by atoms with van der Waals surface area (Å²) in [5.74, 6) is -1.70. The van der Waals surface area contributed by atoms with Crippen molar-refractivity contribution < 1.29 is 36.6 Å². The number of nitrogens with zero attached hydrogens (tertiary/aromatic N) is 3. The molecule has 9 nitrogen and oxygen atoms in total. The quantitative estimate of drug-likeness (QED) is 0.474. The van der Waals surface area contributed by atoms with Gasteiger partial charge in [-0.2, -0.15) is 0 Å². The summed E-state index contributed by atoms with van der Waals surface area (Å²) in [5, 5.41) is 0. The lowest BCUT2D eigenvalue weighted by molar-refractivity contribution is -0.274. The zero-order chi connectivity index (χ0) is 25.9. The molecule has 1 saturated heterocycles. The van der Waals surface area contributed by atoms with Crippen molar-refractivity contribution in [2.75, 3.05) is 13.1 Å². The molecule has 3 N–H and O–H groups in total. The predicted octanol–water partition coefficient (Wildman–Crippen LogP) is 3.03. The summed E-state index contributed by atoms with van der Waals surface area (Å²) in [6.45, 7) is -0.0752. The van der Waals surface area contributed by atoms with Gasteiger partial charge in [0.1, 0.15) is 17.4 Å². The Balaban J connectivity index is 1.36. The lowest BCUT2D eigenvalue weighted by Crippen LogP contribution is -2.49. The van der Waals surface area contributed by atoms with E-state index in [1.165, 1.54) is 41.8 Å². The number of H-pyrrole nitrogens is 1. The number of alkyl halides is 4. The lowest BCUT2D eigenvalue weighted by atomic mass is 10.0. The van der Waals surface area contributed by atoms with Gasteiger partial charge in [0.05, 0.1) is 31.2 Å². The van der Waals surface area contributed by atoms with Crippen molar-refractivity contribution in [3.05, 3.63) is 60.2 Å². The largest absolute Gasteiger partial charge is 0.573 e. The van der Waals surface area contributed by atoms with Crippen molar-refractivity contribution in [1.29, 1.82) is 0 Å². The topological polar surface area (TPSA) is 123 Å². The highest BCUT2D eigenvalue weighted by atomic mass is 19.4. The average Bonchev–Trinajstić information content (AvgIpc) is 3.36. The number of ether oxygens (including phenoxy) is 2. The molecule has 0 saturated carbocycles. The first-order valence-electron chi connectivity index (χ1n) is 10.8. The van der Waals surface area contributed by atoms with E-state index in [-0.39, 0.29) is 43.3 Å². The van der Waals surface area contributed by atoms with E-state index in [1.54, 1.807) is 0 Å². The molecule has 13 heteroatoms. The number of carbonyl (C=O) groups is 2. The third kappa shape index (κ3) is 6.09. The number of nitrogens with two attached hydrogens (primary N) is 1. The smallest absolute Gasteiger partial charge is 0.471 e. The van der Waals surface area contributed by atoms with Gasteiger partial charge in [-0.1, -0.05) is 12.1 Å². The van der Waals surface area contributed by atoms with Gasteiger partial charge in [-0.15, -0.1) is 13.2 Å². The second-order valence-corrected chi connectivity index (χ2v) is 8.08. The van der Waals surface area contributed by atoms with Crippen LogP contribution in [-0.4, -0.2) is 63.4 Å². The number of piperidine rings is 1. The number of halogens is 4. The number of aromatic amines is 1. The third-order valence-corrected chi connectivity index (χ3v) is 5.54. The van der Waals surface area contributed by atoms with Crippen LogP contribution in [0.25, 0.3) is 11.3 Å². The Labute approximate surface area is 202 Å². The van der Waals surface area contributed by atoms with Crippen LogP contribution in [0.2, 0.25) is 0 Å². The molecule has 2 aromatic heterocycles. The maximum absolute atomic E-state index is 14.9. The van der Waals surface area contributed by atoms with Crippen molar-refractivity contribution in [3.63, 3.8) is 0 Å². The molecule has 190 valence electrons. The van der Waals surface area contributed by atoms with Gasteiger partial charge in [0.15, 0.2) is 6.17 Å². The molecule has 1 aliphatic rings. The van der Waals surface area contributed by atoms with Crippen molar-refractivity contribution >= 4 is 11.8 Å². The zero-order valence-corrected chi connectivity index (χ0v) is 18.7. The first-order chi connectivity index (χ1) is 17.1. The fraction of sp³-hybridized carbons (Fsp3) is 0.304. The van der Waals surface area contributed by atoms with E-state index in [1.807, 2.05) is 0 Å². The number of pyridine rings is 1. The van der Waals surface area contributed by atoms with Crippen LogP contribution >= 0.6 is 0 Å². The molecular formula is C23H21F4N5O4. The number of rotatable bonds is 7. The van der Waals surface area contributed by atoms with Gasteiger partial charge in [-0.05, 0) is 23.8 Å². The molecule has 1 aromatic carbocycles. The van der Waals surface area contributed by atoms with E-state index in [0.717, 1.165) is 12.1 Å². The van der Waals surface area contributed by atoms with Gasteiger partial charge >= 0.3 is 6.36 Å². The summed E-state index contributed by atoms with van der Waals surface area (Å²) in [6, 6.07) is 6.36. The van der Waals surface area contributed by atoms with Crippen LogP contribution in [0.3, 0.4) is 0 Å². The van der Waals surface area contributed by atoms with Crippen molar-refractivity contribution in [2.24, 2.45) is 5.73 Å². The van der Waals surface area contributed by atoms with Crippen LogP contribution in [0.5, 0.6) is 11.6 Å². The van der Waals surface area contributed by atoms with Crippen LogP contribution in [0.4, 0.5) is 17.6 Å². The van der Waals surface area contributed by atoms with Crippen molar-refractivity contribution in [1.82, 2.24) is 19.9 Å². The number of amides is 2. The molecule has 0 radical (unpaired) electrons. The minimum Gasteiger partial charge on any atom is -0.471 e. The third-order valence-electron chi connectivity index (χ3n) is 5.54. The number of aromatic nitrogens is 3. The Hall–Kier alpha value is -4.16. The summed E-state index contributed by atoms with van der Waals surface area (Å²) < 4.78 is 61.2. The second kappa shape index (κ2) is 10.2. The molecule has 2 amide bonds. The van der Waals surface area contributed by atoms with Crippen molar-refractivity contribution in [3.8, 4) is 22.9 Å². The molecule has 1 fully saturated rings. The van der Waals surface area contributed by atoms with Crippen LogP contribution in [0.15, 0.2) is 49.1 Å². The molecule has 3 aromatic rings. The highest BCUT2D eigenvalue weighted by molar-refractivity contribution is 5.96. The summed E-state index contributed by atoms with van der Waals surface area (Å²) in [4.78, 5) is 36.8. The van der Waals surface area contributed by atoms with Crippen LogP contribution < -0.4 is 15.2 Å². The van der Waals surface area contributed by atoms with Gasteiger partial charge in [-0.3, -0.25) is 9.59 Å². The Kier molecular flexibility index (Phi) is 7.08. The lowest BCUT2D eigenvalue weighted by Gasteiger charge is -2.34. The Morgan fingerprint density at radius 1 is 1.19 bits per heavy atom. The predicted molar refractivity (Wildman–Crippen MR) is 118 cm³/mol. The Morgan fingerprint density at radius 2 is 1.94 bits per heavy atom. The molecule has 0 aliphatic carbocycles. The highest BCUT2D eigenvalue weighted by Gasteiger charge is 2.34. The minimum atomic E-state index is -4.81. The van der Waals surface area contributed by atoms with Crippen molar-refractivity contribution in [2.45, 2.75) is 31.5 Å². The summed E-state index contributed by atoms with van der Waals surface area (Å²) in [7, 11) is 0. The Morgan fingerprint density at radius 3 is 2.56 bits per heavy atom.